The van der Waals surface area contributed by atoms with E-state index in [1.165, 1.54) is 18.2 Å². The Morgan fingerprint density at radius 2 is 1.74 bits per heavy atom. The maximum absolute atomic E-state index is 12.7. The topological polar surface area (TPSA) is 145 Å². The molecule has 1 heterocycles. The Balaban J connectivity index is 2.05. The second-order valence-electron chi connectivity index (χ2n) is 8.75. The summed E-state index contributed by atoms with van der Waals surface area (Å²) in [6.07, 6.45) is 4.90. The van der Waals surface area contributed by atoms with Crippen LogP contribution in [-0.2, 0) is 27.7 Å². The lowest BCUT2D eigenvalue weighted by molar-refractivity contribution is -0.255. The van der Waals surface area contributed by atoms with Gasteiger partial charge in [-0.3, -0.25) is 14.6 Å². The molecule has 0 aliphatic heterocycles. The number of rotatable bonds is 13. The first-order valence-electron chi connectivity index (χ1n) is 11.7. The number of pyridine rings is 1. The highest BCUT2D eigenvalue weighted by molar-refractivity contribution is 7.90. The number of hydrogen-bond acceptors (Lipinski definition) is 7. The van der Waals surface area contributed by atoms with Crippen LogP contribution in [-0.4, -0.2) is 37.7 Å². The molecule has 9 nitrogen and oxygen atoms in total. The van der Waals surface area contributed by atoms with Crippen molar-refractivity contribution >= 4 is 27.8 Å². The zero-order valence-electron chi connectivity index (χ0n) is 20.3. The van der Waals surface area contributed by atoms with Crippen LogP contribution in [0.5, 0.6) is 0 Å². The van der Waals surface area contributed by atoms with E-state index in [4.69, 9.17) is 0 Å². The fourth-order valence-electron chi connectivity index (χ4n) is 3.44. The first-order chi connectivity index (χ1) is 16.5. The Morgan fingerprint density at radius 3 is 2.34 bits per heavy atom. The number of benzene rings is 1. The zero-order chi connectivity index (χ0) is 26.0. The molecule has 0 saturated heterocycles. The molecule has 1 aromatic heterocycles. The Bertz CT molecular complexity index is 1140. The first-order valence-corrected chi connectivity index (χ1v) is 13.1. The van der Waals surface area contributed by atoms with Gasteiger partial charge in [-0.15, -0.1) is 0 Å². The summed E-state index contributed by atoms with van der Waals surface area (Å²) < 4.78 is 27.4. The smallest absolute Gasteiger partial charge is 0.266 e. The number of carboxylic acids is 1. The normalized spacial score (nSPS) is 11.3. The van der Waals surface area contributed by atoms with Crippen molar-refractivity contribution < 1.29 is 27.9 Å². The monoisotopic (exact) mass is 502 g/mol. The van der Waals surface area contributed by atoms with E-state index in [1.807, 2.05) is 25.5 Å². The Kier molecular flexibility index (Phi) is 10.4. The third kappa shape index (κ3) is 8.79. The largest absolute Gasteiger partial charge is 0.543 e. The van der Waals surface area contributed by atoms with Crippen LogP contribution in [0.1, 0.15) is 78.4 Å². The quantitative estimate of drug-likeness (QED) is 0.398. The fourth-order valence-corrected chi connectivity index (χ4v) is 4.41. The lowest BCUT2D eigenvalue weighted by Gasteiger charge is -2.12. The molecule has 0 unspecified atom stereocenters. The predicted molar refractivity (Wildman–Crippen MR) is 129 cm³/mol. The molecular formula is C25H32N3O6S-. The van der Waals surface area contributed by atoms with Gasteiger partial charge >= 0.3 is 0 Å². The van der Waals surface area contributed by atoms with Crippen LogP contribution in [0, 0.1) is 5.92 Å². The number of aromatic carboxylic acids is 1. The molecule has 2 rings (SSSR count). The number of carbonyl (C=O) groups is 3. The van der Waals surface area contributed by atoms with Crippen molar-refractivity contribution in [3.63, 3.8) is 0 Å². The molecule has 0 bridgehead atoms. The highest BCUT2D eigenvalue weighted by Crippen LogP contribution is 2.15. The molecule has 0 saturated carbocycles. The van der Waals surface area contributed by atoms with Crippen molar-refractivity contribution in [1.82, 2.24) is 15.0 Å². The van der Waals surface area contributed by atoms with Gasteiger partial charge in [-0.2, -0.15) is 0 Å². The minimum absolute atomic E-state index is 0.0300. The summed E-state index contributed by atoms with van der Waals surface area (Å²) in [5.41, 5.74) is 0.850. The van der Waals surface area contributed by atoms with Crippen molar-refractivity contribution in [3.8, 4) is 0 Å². The fraction of sp³-hybridized carbons (Fsp3) is 0.440. The Labute approximate surface area is 206 Å². The van der Waals surface area contributed by atoms with E-state index in [2.05, 4.69) is 10.3 Å². The van der Waals surface area contributed by atoms with E-state index in [9.17, 15) is 27.9 Å². The zero-order valence-corrected chi connectivity index (χ0v) is 21.1. The van der Waals surface area contributed by atoms with Crippen molar-refractivity contribution in [2.75, 3.05) is 6.54 Å². The number of aromatic nitrogens is 1. The first kappa shape index (κ1) is 28.0. The number of carbonyl (C=O) groups excluding carboxylic acids is 3. The number of hydrogen-bond donors (Lipinski definition) is 2. The standard InChI is InChI=1S/C25H33N3O6S/c1-4-5-6-7-19-15-20(16-27-23(19)25(31)32)24(30)28-35(33,34)21-10-8-18(9-11-21)12-13-26-22(29)14-17(2)3/h8-11,15-17H,4-7,12-14H2,1-3H3,(H,26,29)(H,28,30)(H,31,32)/p-1. The number of sulfonamides is 1. The molecule has 2 amide bonds. The molecule has 0 atom stereocenters. The molecule has 2 N–H and O–H groups in total. The van der Waals surface area contributed by atoms with E-state index in [0.29, 0.717) is 37.8 Å². The van der Waals surface area contributed by atoms with Crippen LogP contribution < -0.4 is 15.1 Å². The van der Waals surface area contributed by atoms with E-state index in [-0.39, 0.29) is 28.0 Å². The van der Waals surface area contributed by atoms with Gasteiger partial charge in [-0.25, -0.2) is 13.1 Å². The summed E-state index contributed by atoms with van der Waals surface area (Å²) in [4.78, 5) is 39.4. The second-order valence-corrected chi connectivity index (χ2v) is 10.4. The van der Waals surface area contributed by atoms with Gasteiger partial charge in [0.05, 0.1) is 22.1 Å². The number of aryl methyl sites for hydroxylation is 1. The summed E-state index contributed by atoms with van der Waals surface area (Å²) in [5.74, 6) is -2.12. The van der Waals surface area contributed by atoms with Crippen LogP contribution in [0.3, 0.4) is 0 Å². The summed E-state index contributed by atoms with van der Waals surface area (Å²) in [5, 5.41) is 14.1. The Morgan fingerprint density at radius 1 is 1.06 bits per heavy atom. The number of amides is 2. The van der Waals surface area contributed by atoms with Gasteiger partial charge in [0.2, 0.25) is 5.91 Å². The van der Waals surface area contributed by atoms with E-state index in [1.54, 1.807) is 12.1 Å². The average Bonchev–Trinajstić information content (AvgIpc) is 2.78. The van der Waals surface area contributed by atoms with Crippen molar-refractivity contribution in [2.24, 2.45) is 5.92 Å². The molecule has 0 spiro atoms. The van der Waals surface area contributed by atoms with Crippen LogP contribution in [0.25, 0.3) is 0 Å². The van der Waals surface area contributed by atoms with Gasteiger partial charge in [0.1, 0.15) is 0 Å². The van der Waals surface area contributed by atoms with E-state index < -0.39 is 21.9 Å². The van der Waals surface area contributed by atoms with E-state index in [0.717, 1.165) is 24.6 Å². The molecular weight excluding hydrogens is 470 g/mol. The Hall–Kier alpha value is -3.27. The molecule has 35 heavy (non-hydrogen) atoms. The minimum Gasteiger partial charge on any atom is -0.543 e. The number of carboxylic acid groups (broad SMARTS) is 1. The van der Waals surface area contributed by atoms with Gasteiger partial charge < -0.3 is 15.2 Å². The van der Waals surface area contributed by atoms with Gasteiger partial charge in [0.15, 0.2) is 0 Å². The third-order valence-electron chi connectivity index (χ3n) is 5.26. The summed E-state index contributed by atoms with van der Waals surface area (Å²) in [6, 6.07) is 7.35. The highest BCUT2D eigenvalue weighted by atomic mass is 32.2. The molecule has 0 aliphatic rings. The van der Waals surface area contributed by atoms with Crippen LogP contribution in [0.4, 0.5) is 0 Å². The molecule has 0 radical (unpaired) electrons. The summed E-state index contributed by atoms with van der Waals surface area (Å²) >= 11 is 0. The predicted octanol–water partition coefficient (Wildman–Crippen LogP) is 2.00. The molecule has 0 aliphatic carbocycles. The number of unbranched alkanes of at least 4 members (excludes halogenated alkanes) is 2. The molecule has 0 fully saturated rings. The van der Waals surface area contributed by atoms with Crippen LogP contribution in [0.2, 0.25) is 0 Å². The van der Waals surface area contributed by atoms with E-state index >= 15 is 0 Å². The number of nitrogens with zero attached hydrogens (tertiary/aromatic N) is 1. The van der Waals surface area contributed by atoms with Gasteiger partial charge in [0, 0.05) is 19.2 Å². The van der Waals surface area contributed by atoms with Crippen molar-refractivity contribution in [2.45, 2.75) is 64.2 Å². The average molecular weight is 503 g/mol. The molecule has 190 valence electrons. The molecule has 2 aromatic rings. The lowest BCUT2D eigenvalue weighted by atomic mass is 10.0. The maximum Gasteiger partial charge on any atom is 0.266 e. The summed E-state index contributed by atoms with van der Waals surface area (Å²) in [7, 11) is -4.16. The SMILES string of the molecule is CCCCCc1cc(C(=O)NS(=O)(=O)c2ccc(CCNC(=O)CC(C)C)cc2)cnc1C(=O)[O-]. The summed E-state index contributed by atoms with van der Waals surface area (Å²) in [6.45, 7) is 6.36. The molecule has 10 heteroatoms. The third-order valence-corrected chi connectivity index (χ3v) is 6.61. The second kappa shape index (κ2) is 13.0. The van der Waals surface area contributed by atoms with Gasteiger partial charge in [0.25, 0.3) is 15.9 Å². The van der Waals surface area contributed by atoms with Gasteiger partial charge in [-0.05, 0) is 54.5 Å². The van der Waals surface area contributed by atoms with Crippen molar-refractivity contribution in [1.29, 1.82) is 0 Å². The molecule has 1 aromatic carbocycles. The van der Waals surface area contributed by atoms with Crippen molar-refractivity contribution in [3.05, 3.63) is 58.9 Å². The van der Waals surface area contributed by atoms with Crippen LogP contribution in [0.15, 0.2) is 41.4 Å². The lowest BCUT2D eigenvalue weighted by Crippen LogP contribution is -2.31. The highest BCUT2D eigenvalue weighted by Gasteiger charge is 2.20. The maximum atomic E-state index is 12.7. The number of nitrogens with one attached hydrogen (secondary N) is 2. The minimum atomic E-state index is -4.16. The van der Waals surface area contributed by atoms with Crippen LogP contribution >= 0.6 is 0 Å². The van der Waals surface area contributed by atoms with Gasteiger partial charge in [-0.1, -0.05) is 45.7 Å².